The van der Waals surface area contributed by atoms with E-state index in [2.05, 4.69) is 55.2 Å². The predicted molar refractivity (Wildman–Crippen MR) is 68.2 cm³/mol. The second-order valence-electron chi connectivity index (χ2n) is 4.52. The second-order valence-corrected chi connectivity index (χ2v) is 4.52. The minimum Gasteiger partial charge on any atom is -0.310 e. The van der Waals surface area contributed by atoms with Gasteiger partial charge in [-0.05, 0) is 25.2 Å². The van der Waals surface area contributed by atoms with Gasteiger partial charge in [0, 0.05) is 25.3 Å². The average Bonchev–Trinajstić information content (AvgIpc) is 2.28. The number of nitrogens with zero attached hydrogens (tertiary/aromatic N) is 2. The van der Waals surface area contributed by atoms with Gasteiger partial charge in [0.25, 0.3) is 0 Å². The molecule has 0 fully saturated rings. The van der Waals surface area contributed by atoms with E-state index in [1.54, 1.807) is 0 Å². The van der Waals surface area contributed by atoms with Crippen LogP contribution in [0.4, 0.5) is 0 Å². The average molecular weight is 221 g/mol. The summed E-state index contributed by atoms with van der Waals surface area (Å²) in [5, 5.41) is 3.38. The van der Waals surface area contributed by atoms with Crippen molar-refractivity contribution in [1.82, 2.24) is 15.2 Å². The van der Waals surface area contributed by atoms with Crippen LogP contribution in [0, 0.1) is 0 Å². The molecule has 16 heavy (non-hydrogen) atoms. The van der Waals surface area contributed by atoms with Crippen LogP contribution in [0.15, 0.2) is 18.3 Å². The van der Waals surface area contributed by atoms with Gasteiger partial charge in [-0.25, -0.2) is 0 Å². The largest absolute Gasteiger partial charge is 0.310 e. The molecule has 0 aliphatic carbocycles. The van der Waals surface area contributed by atoms with Gasteiger partial charge in [-0.1, -0.05) is 26.8 Å². The molecule has 0 saturated carbocycles. The Kier molecular flexibility index (Phi) is 5.43. The van der Waals surface area contributed by atoms with Crippen molar-refractivity contribution >= 4 is 0 Å². The Labute approximate surface area is 98.9 Å². The van der Waals surface area contributed by atoms with Crippen LogP contribution in [0.5, 0.6) is 0 Å². The number of aromatic nitrogens is 1. The zero-order chi connectivity index (χ0) is 12.0. The van der Waals surface area contributed by atoms with Crippen molar-refractivity contribution in [3.8, 4) is 0 Å². The van der Waals surface area contributed by atoms with Crippen molar-refractivity contribution in [3.05, 3.63) is 29.6 Å². The van der Waals surface area contributed by atoms with E-state index in [1.807, 2.05) is 6.20 Å². The smallest absolute Gasteiger partial charge is 0.0544 e. The first-order valence-corrected chi connectivity index (χ1v) is 5.97. The molecule has 1 heterocycles. The molecule has 1 aromatic rings. The first-order chi connectivity index (χ1) is 7.61. The van der Waals surface area contributed by atoms with Crippen molar-refractivity contribution in [2.45, 2.75) is 39.9 Å². The SMILES string of the molecule is CCN(C)Cc1ccc(CNC(C)C)cn1. The zero-order valence-corrected chi connectivity index (χ0v) is 10.8. The summed E-state index contributed by atoms with van der Waals surface area (Å²) in [6.07, 6.45) is 1.97. The molecule has 3 heteroatoms. The van der Waals surface area contributed by atoms with E-state index < -0.39 is 0 Å². The lowest BCUT2D eigenvalue weighted by Crippen LogP contribution is -2.22. The molecule has 0 aliphatic rings. The van der Waals surface area contributed by atoms with Gasteiger partial charge in [-0.2, -0.15) is 0 Å². The lowest BCUT2D eigenvalue weighted by atomic mass is 10.2. The second kappa shape index (κ2) is 6.61. The van der Waals surface area contributed by atoms with Gasteiger partial charge in [-0.3, -0.25) is 4.98 Å². The van der Waals surface area contributed by atoms with Gasteiger partial charge in [-0.15, -0.1) is 0 Å². The van der Waals surface area contributed by atoms with Gasteiger partial charge in [0.2, 0.25) is 0 Å². The number of rotatable bonds is 6. The lowest BCUT2D eigenvalue weighted by Gasteiger charge is -2.13. The van der Waals surface area contributed by atoms with Crippen LogP contribution < -0.4 is 5.32 Å². The van der Waals surface area contributed by atoms with E-state index in [1.165, 1.54) is 5.56 Å². The maximum atomic E-state index is 4.46. The van der Waals surface area contributed by atoms with Crippen LogP contribution in [0.2, 0.25) is 0 Å². The van der Waals surface area contributed by atoms with Gasteiger partial charge < -0.3 is 10.2 Å². The molecule has 0 unspecified atom stereocenters. The lowest BCUT2D eigenvalue weighted by molar-refractivity contribution is 0.341. The molecule has 0 atom stereocenters. The van der Waals surface area contributed by atoms with Crippen molar-refractivity contribution in [3.63, 3.8) is 0 Å². The third-order valence-corrected chi connectivity index (χ3v) is 2.57. The van der Waals surface area contributed by atoms with Crippen LogP contribution >= 0.6 is 0 Å². The van der Waals surface area contributed by atoms with Crippen LogP contribution in [0.25, 0.3) is 0 Å². The molecular weight excluding hydrogens is 198 g/mol. The van der Waals surface area contributed by atoms with Crippen LogP contribution in [0.3, 0.4) is 0 Å². The van der Waals surface area contributed by atoms with Gasteiger partial charge in [0.1, 0.15) is 0 Å². The Morgan fingerprint density at radius 3 is 2.62 bits per heavy atom. The van der Waals surface area contributed by atoms with Gasteiger partial charge >= 0.3 is 0 Å². The van der Waals surface area contributed by atoms with Crippen LogP contribution in [-0.2, 0) is 13.1 Å². The number of hydrogen-bond acceptors (Lipinski definition) is 3. The molecule has 1 N–H and O–H groups in total. The molecule has 90 valence electrons. The summed E-state index contributed by atoms with van der Waals surface area (Å²) in [4.78, 5) is 6.71. The Hall–Kier alpha value is -0.930. The van der Waals surface area contributed by atoms with Crippen LogP contribution in [-0.4, -0.2) is 29.5 Å². The van der Waals surface area contributed by atoms with Crippen molar-refractivity contribution in [2.75, 3.05) is 13.6 Å². The van der Waals surface area contributed by atoms with Gasteiger partial charge in [0.15, 0.2) is 0 Å². The van der Waals surface area contributed by atoms with E-state index in [0.717, 1.165) is 25.3 Å². The minimum absolute atomic E-state index is 0.519. The summed E-state index contributed by atoms with van der Waals surface area (Å²) in [5.41, 5.74) is 2.38. The van der Waals surface area contributed by atoms with E-state index >= 15 is 0 Å². The number of hydrogen-bond donors (Lipinski definition) is 1. The van der Waals surface area contributed by atoms with Crippen molar-refractivity contribution < 1.29 is 0 Å². The molecule has 1 rings (SSSR count). The number of pyridine rings is 1. The first-order valence-electron chi connectivity index (χ1n) is 5.97. The fourth-order valence-electron chi connectivity index (χ4n) is 1.36. The summed E-state index contributed by atoms with van der Waals surface area (Å²) in [6, 6.07) is 4.79. The van der Waals surface area contributed by atoms with E-state index in [0.29, 0.717) is 6.04 Å². The van der Waals surface area contributed by atoms with E-state index in [4.69, 9.17) is 0 Å². The Morgan fingerprint density at radius 2 is 2.12 bits per heavy atom. The molecule has 0 amide bonds. The fourth-order valence-corrected chi connectivity index (χ4v) is 1.36. The quantitative estimate of drug-likeness (QED) is 0.796. The molecular formula is C13H23N3. The first kappa shape index (κ1) is 13.1. The topological polar surface area (TPSA) is 28.2 Å². The highest BCUT2D eigenvalue weighted by Crippen LogP contribution is 2.03. The molecule has 0 radical (unpaired) electrons. The van der Waals surface area contributed by atoms with Gasteiger partial charge in [0.05, 0.1) is 5.69 Å². The summed E-state index contributed by atoms with van der Waals surface area (Å²) >= 11 is 0. The fraction of sp³-hybridized carbons (Fsp3) is 0.615. The molecule has 0 bridgehead atoms. The maximum absolute atomic E-state index is 4.46. The zero-order valence-electron chi connectivity index (χ0n) is 10.8. The molecule has 3 nitrogen and oxygen atoms in total. The maximum Gasteiger partial charge on any atom is 0.0544 e. The molecule has 0 aromatic carbocycles. The third kappa shape index (κ3) is 4.73. The molecule has 0 aliphatic heterocycles. The molecule has 0 spiro atoms. The summed E-state index contributed by atoms with van der Waals surface area (Å²) in [6.45, 7) is 9.33. The highest BCUT2D eigenvalue weighted by molar-refractivity contribution is 5.13. The monoisotopic (exact) mass is 221 g/mol. The summed E-state index contributed by atoms with van der Waals surface area (Å²) < 4.78 is 0. The highest BCUT2D eigenvalue weighted by Gasteiger charge is 2.00. The Bertz CT molecular complexity index is 293. The summed E-state index contributed by atoms with van der Waals surface area (Å²) in [5.74, 6) is 0. The predicted octanol–water partition coefficient (Wildman–Crippen LogP) is 2.03. The molecule has 0 saturated heterocycles. The third-order valence-electron chi connectivity index (χ3n) is 2.57. The standard InChI is InChI=1S/C13H23N3/c1-5-16(4)10-13-7-6-12(9-15-13)8-14-11(2)3/h6-7,9,11,14H,5,8,10H2,1-4H3. The number of nitrogens with one attached hydrogen (secondary N) is 1. The Morgan fingerprint density at radius 1 is 1.38 bits per heavy atom. The van der Waals surface area contributed by atoms with E-state index in [-0.39, 0.29) is 0 Å². The summed E-state index contributed by atoms with van der Waals surface area (Å²) in [7, 11) is 2.11. The normalized spacial score (nSPS) is 11.4. The molecule has 1 aromatic heterocycles. The van der Waals surface area contributed by atoms with Crippen LogP contribution in [0.1, 0.15) is 32.0 Å². The minimum atomic E-state index is 0.519. The van der Waals surface area contributed by atoms with Crippen molar-refractivity contribution in [2.24, 2.45) is 0 Å². The highest BCUT2D eigenvalue weighted by atomic mass is 15.1. The Balaban J connectivity index is 2.47. The van der Waals surface area contributed by atoms with Crippen molar-refractivity contribution in [1.29, 1.82) is 0 Å². The van der Waals surface area contributed by atoms with E-state index in [9.17, 15) is 0 Å².